The van der Waals surface area contributed by atoms with E-state index in [9.17, 15) is 0 Å². The molecular formula is C10H13ClN4O. The van der Waals surface area contributed by atoms with Gasteiger partial charge in [0.25, 0.3) is 0 Å². The zero-order chi connectivity index (χ0) is 11.5. The number of aryl methyl sites for hydroxylation is 3. The van der Waals surface area contributed by atoms with E-state index in [4.69, 9.17) is 16.0 Å². The van der Waals surface area contributed by atoms with Gasteiger partial charge in [0.2, 0.25) is 0 Å². The van der Waals surface area contributed by atoms with Crippen LogP contribution in [0.4, 0.5) is 0 Å². The molecule has 0 N–H and O–H groups in total. The van der Waals surface area contributed by atoms with Gasteiger partial charge in [0, 0.05) is 25.4 Å². The minimum absolute atomic E-state index is 0.555. The molecule has 0 fully saturated rings. The first-order chi connectivity index (χ1) is 7.69. The quantitative estimate of drug-likeness (QED) is 0.764. The maximum atomic E-state index is 5.63. The smallest absolute Gasteiger partial charge is 0.191 e. The molecule has 0 aliphatic heterocycles. The number of halogens is 1. The summed E-state index contributed by atoms with van der Waals surface area (Å²) in [6, 6.07) is 0. The van der Waals surface area contributed by atoms with Gasteiger partial charge in [-0.1, -0.05) is 5.21 Å². The van der Waals surface area contributed by atoms with Crippen LogP contribution < -0.4 is 0 Å². The van der Waals surface area contributed by atoms with Crippen LogP contribution in [-0.2, 0) is 13.0 Å². The summed E-state index contributed by atoms with van der Waals surface area (Å²) < 4.78 is 7.19. The number of rotatable bonds is 4. The van der Waals surface area contributed by atoms with Crippen molar-refractivity contribution in [3.05, 3.63) is 29.2 Å². The normalized spacial score (nSPS) is 10.9. The Balaban J connectivity index is 2.11. The molecule has 0 radical (unpaired) electrons. The second-order valence-electron chi connectivity index (χ2n) is 3.59. The largest absolute Gasteiger partial charge is 0.444 e. The Morgan fingerprint density at radius 3 is 2.88 bits per heavy atom. The van der Waals surface area contributed by atoms with Crippen molar-refractivity contribution in [2.24, 2.45) is 0 Å². The Hall–Kier alpha value is -1.36. The summed E-state index contributed by atoms with van der Waals surface area (Å²) in [6.07, 6.45) is 2.61. The molecule has 0 spiro atoms. The van der Waals surface area contributed by atoms with Gasteiger partial charge in [0.15, 0.2) is 5.89 Å². The highest BCUT2D eigenvalue weighted by Gasteiger charge is 2.08. The van der Waals surface area contributed by atoms with Crippen molar-refractivity contribution >= 4 is 11.6 Å². The van der Waals surface area contributed by atoms with Gasteiger partial charge in [-0.15, -0.1) is 16.7 Å². The summed E-state index contributed by atoms with van der Waals surface area (Å²) in [5, 5.41) is 8.01. The molecule has 0 amide bonds. The van der Waals surface area contributed by atoms with Gasteiger partial charge < -0.3 is 4.42 Å². The van der Waals surface area contributed by atoms with E-state index < -0.39 is 0 Å². The molecule has 0 bridgehead atoms. The molecule has 2 heterocycles. The van der Waals surface area contributed by atoms with Crippen LogP contribution in [0.1, 0.15) is 23.0 Å². The lowest BCUT2D eigenvalue weighted by atomic mass is 10.3. The van der Waals surface area contributed by atoms with Crippen molar-refractivity contribution < 1.29 is 4.42 Å². The molecule has 0 saturated carbocycles. The van der Waals surface area contributed by atoms with E-state index in [1.54, 1.807) is 4.68 Å². The average Bonchev–Trinajstić information content (AvgIpc) is 2.76. The molecule has 0 atom stereocenters. The number of nitrogens with zero attached hydrogens (tertiary/aromatic N) is 4. The van der Waals surface area contributed by atoms with Crippen LogP contribution in [0.3, 0.4) is 0 Å². The zero-order valence-electron chi connectivity index (χ0n) is 9.27. The van der Waals surface area contributed by atoms with Gasteiger partial charge in [-0.05, 0) is 6.92 Å². The summed E-state index contributed by atoms with van der Waals surface area (Å²) in [6.45, 7) is 4.31. The molecule has 2 aromatic heterocycles. The number of hydrogen-bond acceptors (Lipinski definition) is 4. The summed E-state index contributed by atoms with van der Waals surface area (Å²) in [5.41, 5.74) is 1.79. The average molecular weight is 241 g/mol. The summed E-state index contributed by atoms with van der Waals surface area (Å²) in [7, 11) is 0. The number of hydrogen-bond donors (Lipinski definition) is 0. The van der Waals surface area contributed by atoms with Crippen molar-refractivity contribution in [3.63, 3.8) is 0 Å². The minimum atomic E-state index is 0.555. The van der Waals surface area contributed by atoms with Gasteiger partial charge in [-0.2, -0.15) is 0 Å². The molecule has 2 rings (SSSR count). The Bertz CT molecular complexity index is 477. The molecule has 0 aromatic carbocycles. The third-order valence-electron chi connectivity index (χ3n) is 2.24. The first kappa shape index (κ1) is 11.1. The highest BCUT2D eigenvalue weighted by Crippen LogP contribution is 2.10. The molecule has 0 aliphatic carbocycles. The summed E-state index contributed by atoms with van der Waals surface area (Å²) in [5.74, 6) is 2.05. The lowest BCUT2D eigenvalue weighted by molar-refractivity contribution is 0.448. The Morgan fingerprint density at radius 2 is 2.25 bits per heavy atom. The van der Waals surface area contributed by atoms with Gasteiger partial charge in [-0.25, -0.2) is 9.67 Å². The summed E-state index contributed by atoms with van der Waals surface area (Å²) >= 11 is 5.63. The van der Waals surface area contributed by atoms with Crippen LogP contribution in [-0.4, -0.2) is 25.9 Å². The third-order valence-corrected chi connectivity index (χ3v) is 2.43. The van der Waals surface area contributed by atoms with Crippen LogP contribution in [0.15, 0.2) is 10.6 Å². The van der Waals surface area contributed by atoms with Gasteiger partial charge >= 0.3 is 0 Å². The molecule has 0 saturated heterocycles. The van der Waals surface area contributed by atoms with Crippen molar-refractivity contribution in [2.75, 3.05) is 5.88 Å². The van der Waals surface area contributed by atoms with E-state index in [1.165, 1.54) is 0 Å². The van der Waals surface area contributed by atoms with E-state index in [-0.39, 0.29) is 0 Å². The number of aromatic nitrogens is 4. The fourth-order valence-electron chi connectivity index (χ4n) is 1.49. The second kappa shape index (κ2) is 4.65. The van der Waals surface area contributed by atoms with Crippen LogP contribution in [0.2, 0.25) is 0 Å². The van der Waals surface area contributed by atoms with Crippen molar-refractivity contribution in [2.45, 2.75) is 26.8 Å². The van der Waals surface area contributed by atoms with Crippen LogP contribution in [0.25, 0.3) is 0 Å². The third kappa shape index (κ3) is 2.41. The summed E-state index contributed by atoms with van der Waals surface area (Å²) in [4.78, 5) is 4.20. The van der Waals surface area contributed by atoms with E-state index in [0.29, 0.717) is 18.3 Å². The molecule has 2 aromatic rings. The Kier molecular flexibility index (Phi) is 3.24. The minimum Gasteiger partial charge on any atom is -0.444 e. The fraction of sp³-hybridized carbons (Fsp3) is 0.500. The maximum absolute atomic E-state index is 5.63. The Labute approximate surface area is 98.4 Å². The predicted octanol–water partition coefficient (Wildman–Crippen LogP) is 1.71. The van der Waals surface area contributed by atoms with Crippen LogP contribution >= 0.6 is 11.6 Å². The van der Waals surface area contributed by atoms with Gasteiger partial charge in [0.05, 0.1) is 11.4 Å². The van der Waals surface area contributed by atoms with Crippen LogP contribution in [0.5, 0.6) is 0 Å². The first-order valence-corrected chi connectivity index (χ1v) is 5.60. The second-order valence-corrected chi connectivity index (χ2v) is 3.97. The topological polar surface area (TPSA) is 56.7 Å². The van der Waals surface area contributed by atoms with E-state index in [1.807, 2.05) is 20.0 Å². The monoisotopic (exact) mass is 240 g/mol. The highest BCUT2D eigenvalue weighted by molar-refractivity contribution is 6.17. The molecule has 5 nitrogen and oxygen atoms in total. The fourth-order valence-corrected chi connectivity index (χ4v) is 1.69. The molecule has 0 aliphatic rings. The molecule has 86 valence electrons. The molecule has 0 unspecified atom stereocenters. The van der Waals surface area contributed by atoms with Crippen molar-refractivity contribution in [1.82, 2.24) is 20.0 Å². The maximum Gasteiger partial charge on any atom is 0.191 e. The number of alkyl halides is 1. The van der Waals surface area contributed by atoms with Crippen molar-refractivity contribution in [3.8, 4) is 0 Å². The molecular weight excluding hydrogens is 228 g/mol. The highest BCUT2D eigenvalue weighted by atomic mass is 35.5. The van der Waals surface area contributed by atoms with Crippen LogP contribution in [0, 0.1) is 13.8 Å². The van der Waals surface area contributed by atoms with E-state index >= 15 is 0 Å². The SMILES string of the molecule is Cc1nc(C)c(Cn2cc(CCCl)nn2)o1. The molecule has 6 heteroatoms. The molecule has 16 heavy (non-hydrogen) atoms. The zero-order valence-corrected chi connectivity index (χ0v) is 10.0. The standard InChI is InChI=1S/C10H13ClN4O/c1-7-10(16-8(2)12-7)6-15-5-9(3-4-11)13-14-15/h5H,3-4,6H2,1-2H3. The lowest BCUT2D eigenvalue weighted by Gasteiger charge is -1.96. The predicted molar refractivity (Wildman–Crippen MR) is 59.5 cm³/mol. The van der Waals surface area contributed by atoms with E-state index in [0.717, 1.165) is 23.6 Å². The van der Waals surface area contributed by atoms with Gasteiger partial charge in [0.1, 0.15) is 12.3 Å². The number of oxazole rings is 1. The van der Waals surface area contributed by atoms with Gasteiger partial charge in [-0.3, -0.25) is 0 Å². The Morgan fingerprint density at radius 1 is 1.44 bits per heavy atom. The first-order valence-electron chi connectivity index (χ1n) is 5.07. The lowest BCUT2D eigenvalue weighted by Crippen LogP contribution is -2.00. The van der Waals surface area contributed by atoms with E-state index in [2.05, 4.69) is 15.3 Å². The van der Waals surface area contributed by atoms with Crippen molar-refractivity contribution in [1.29, 1.82) is 0 Å².